The first kappa shape index (κ1) is 15.4. The number of hydrogen-bond donors (Lipinski definition) is 2. The summed E-state index contributed by atoms with van der Waals surface area (Å²) in [7, 11) is 0. The number of esters is 1. The van der Waals surface area contributed by atoms with Crippen LogP contribution in [0.3, 0.4) is 0 Å². The lowest BCUT2D eigenvalue weighted by Crippen LogP contribution is -2.14. The second kappa shape index (κ2) is 5.76. The van der Waals surface area contributed by atoms with E-state index in [1.54, 1.807) is 32.9 Å². The summed E-state index contributed by atoms with van der Waals surface area (Å²) < 4.78 is 5.92. The van der Waals surface area contributed by atoms with Gasteiger partial charge in [0.25, 0.3) is 0 Å². The van der Waals surface area contributed by atoms with Crippen LogP contribution in [0.5, 0.6) is 0 Å². The third kappa shape index (κ3) is 3.54. The van der Waals surface area contributed by atoms with Crippen LogP contribution in [0.25, 0.3) is 10.1 Å². The van der Waals surface area contributed by atoms with E-state index in [9.17, 15) is 9.90 Å². The molecule has 0 amide bonds. The van der Waals surface area contributed by atoms with Crippen LogP contribution in [0.15, 0.2) is 18.2 Å². The predicted molar refractivity (Wildman–Crippen MR) is 85.4 cm³/mol. The topological polar surface area (TPSA) is 72.5 Å². The van der Waals surface area contributed by atoms with E-state index >= 15 is 0 Å². The summed E-state index contributed by atoms with van der Waals surface area (Å²) in [5, 5.41) is 10.5. The van der Waals surface area contributed by atoms with Crippen LogP contribution in [0, 0.1) is 11.8 Å². The maximum Gasteiger partial charge on any atom is 0.348 e. The van der Waals surface area contributed by atoms with Gasteiger partial charge >= 0.3 is 5.97 Å². The summed E-state index contributed by atoms with van der Waals surface area (Å²) in [6.45, 7) is 5.31. The molecule has 0 bridgehead atoms. The Morgan fingerprint density at radius 1 is 1.48 bits per heavy atom. The Bertz CT molecular complexity index is 744. The van der Waals surface area contributed by atoms with Gasteiger partial charge in [-0.1, -0.05) is 11.8 Å². The number of aliphatic hydroxyl groups is 1. The number of benzene rings is 1. The monoisotopic (exact) mass is 303 g/mol. The highest BCUT2D eigenvalue weighted by atomic mass is 32.1. The smallest absolute Gasteiger partial charge is 0.348 e. The van der Waals surface area contributed by atoms with Gasteiger partial charge in [-0.25, -0.2) is 4.79 Å². The van der Waals surface area contributed by atoms with E-state index in [4.69, 9.17) is 10.5 Å². The lowest BCUT2D eigenvalue weighted by Gasteiger charge is -2.07. The molecule has 1 aromatic carbocycles. The number of ether oxygens (including phenoxy) is 1. The lowest BCUT2D eigenvalue weighted by atomic mass is 10.1. The number of thiophene rings is 1. The van der Waals surface area contributed by atoms with Gasteiger partial charge in [-0.15, -0.1) is 11.3 Å². The number of anilines is 1. The Kier molecular flexibility index (Phi) is 4.21. The molecule has 3 N–H and O–H groups in total. The fraction of sp³-hybridized carbons (Fsp3) is 0.312. The van der Waals surface area contributed by atoms with Gasteiger partial charge in [0.15, 0.2) is 0 Å². The Labute approximate surface area is 127 Å². The predicted octanol–water partition coefficient (Wildman–Crippen LogP) is 2.78. The zero-order chi connectivity index (χ0) is 15.6. The maximum atomic E-state index is 11.8. The number of carbonyl (C=O) groups excluding carboxylic acids is 1. The minimum atomic E-state index is -1.10. The summed E-state index contributed by atoms with van der Waals surface area (Å²) in [4.78, 5) is 12.3. The summed E-state index contributed by atoms with van der Waals surface area (Å²) in [6.07, 6.45) is 0. The number of hydrogen-bond acceptors (Lipinski definition) is 5. The molecule has 2 rings (SSSR count). The first-order valence-electron chi connectivity index (χ1n) is 6.56. The molecule has 1 heterocycles. The molecule has 0 saturated heterocycles. The van der Waals surface area contributed by atoms with E-state index in [1.807, 2.05) is 6.07 Å². The van der Waals surface area contributed by atoms with Gasteiger partial charge in [0.2, 0.25) is 0 Å². The highest BCUT2D eigenvalue weighted by Gasteiger charge is 2.14. The van der Waals surface area contributed by atoms with Crippen molar-refractivity contribution < 1.29 is 14.6 Å². The van der Waals surface area contributed by atoms with E-state index in [0.717, 1.165) is 10.1 Å². The van der Waals surface area contributed by atoms with Crippen LogP contribution in [0.4, 0.5) is 5.69 Å². The zero-order valence-corrected chi connectivity index (χ0v) is 13.0. The van der Waals surface area contributed by atoms with Crippen LogP contribution in [0.2, 0.25) is 0 Å². The number of nitrogens with two attached hydrogens (primary N) is 1. The van der Waals surface area contributed by atoms with Crippen LogP contribution in [0.1, 0.15) is 36.0 Å². The molecule has 110 valence electrons. The fourth-order valence-electron chi connectivity index (χ4n) is 1.79. The van der Waals surface area contributed by atoms with Gasteiger partial charge in [0.1, 0.15) is 10.5 Å². The molecule has 0 atom stereocenters. The first-order chi connectivity index (χ1) is 9.81. The van der Waals surface area contributed by atoms with Crippen molar-refractivity contribution in [2.45, 2.75) is 26.4 Å². The number of nitrogen functional groups attached to an aromatic ring is 1. The highest BCUT2D eigenvalue weighted by Crippen LogP contribution is 2.31. The van der Waals surface area contributed by atoms with Crippen LogP contribution < -0.4 is 5.73 Å². The van der Waals surface area contributed by atoms with Crippen molar-refractivity contribution in [2.24, 2.45) is 0 Å². The summed E-state index contributed by atoms with van der Waals surface area (Å²) in [5.74, 6) is 5.31. The Balaban J connectivity index is 2.56. The number of carbonyl (C=O) groups is 1. The Morgan fingerprint density at radius 2 is 2.19 bits per heavy atom. The maximum absolute atomic E-state index is 11.8. The molecule has 0 aliphatic carbocycles. The lowest BCUT2D eigenvalue weighted by molar-refractivity contribution is 0.0532. The zero-order valence-electron chi connectivity index (χ0n) is 12.2. The van der Waals surface area contributed by atoms with Gasteiger partial charge in [0, 0.05) is 15.8 Å². The summed E-state index contributed by atoms with van der Waals surface area (Å²) in [6, 6.07) is 5.35. The normalized spacial score (nSPS) is 11.0. The quantitative estimate of drug-likeness (QED) is 0.508. The van der Waals surface area contributed by atoms with Gasteiger partial charge in [-0.2, -0.15) is 0 Å². The summed E-state index contributed by atoms with van der Waals surface area (Å²) >= 11 is 1.34. The molecule has 2 aromatic rings. The van der Waals surface area contributed by atoms with Crippen LogP contribution in [-0.4, -0.2) is 23.3 Å². The largest absolute Gasteiger partial charge is 0.462 e. The second-order valence-electron chi connectivity index (χ2n) is 5.08. The molecule has 0 saturated carbocycles. The molecule has 0 aliphatic heterocycles. The molecule has 21 heavy (non-hydrogen) atoms. The van der Waals surface area contributed by atoms with Crippen molar-refractivity contribution in [3.63, 3.8) is 0 Å². The molecule has 1 aromatic heterocycles. The van der Waals surface area contributed by atoms with Crippen LogP contribution >= 0.6 is 11.3 Å². The number of fused-ring (bicyclic) bond motifs is 1. The Hall–Kier alpha value is -2.03. The molecule has 0 radical (unpaired) electrons. The van der Waals surface area contributed by atoms with Gasteiger partial charge in [-0.05, 0) is 39.0 Å². The van der Waals surface area contributed by atoms with E-state index < -0.39 is 5.60 Å². The van der Waals surface area contributed by atoms with Gasteiger partial charge < -0.3 is 15.6 Å². The molecule has 0 fully saturated rings. The van der Waals surface area contributed by atoms with Crippen molar-refractivity contribution in [1.29, 1.82) is 0 Å². The Morgan fingerprint density at radius 3 is 2.81 bits per heavy atom. The third-order valence-corrected chi connectivity index (χ3v) is 3.78. The fourth-order valence-corrected chi connectivity index (χ4v) is 2.75. The standard InChI is InChI=1S/C16H17NO3S/c1-4-20-15(18)14-9-11-10(7-8-16(2,3)19)12(17)5-6-13(11)21-14/h5-6,9,19H,4,17H2,1-3H3. The average Bonchev–Trinajstić information content (AvgIpc) is 2.81. The van der Waals surface area contributed by atoms with Crippen LogP contribution in [-0.2, 0) is 4.74 Å². The summed E-state index contributed by atoms with van der Waals surface area (Å²) in [5.41, 5.74) is 6.01. The molecule has 0 aliphatic rings. The van der Waals surface area contributed by atoms with Crippen molar-refractivity contribution in [1.82, 2.24) is 0 Å². The molecule has 5 heteroatoms. The van der Waals surface area contributed by atoms with E-state index in [1.165, 1.54) is 11.3 Å². The average molecular weight is 303 g/mol. The second-order valence-corrected chi connectivity index (χ2v) is 6.17. The van der Waals surface area contributed by atoms with Crippen molar-refractivity contribution in [3.8, 4) is 11.8 Å². The van der Waals surface area contributed by atoms with Gasteiger partial charge in [0.05, 0.1) is 12.2 Å². The molecular weight excluding hydrogens is 286 g/mol. The minimum Gasteiger partial charge on any atom is -0.462 e. The molecular formula is C16H17NO3S. The third-order valence-electron chi connectivity index (χ3n) is 2.70. The SMILES string of the molecule is CCOC(=O)c1cc2c(C#CC(C)(C)O)c(N)ccc2s1. The molecule has 0 spiro atoms. The van der Waals surface area contributed by atoms with Crippen molar-refractivity contribution in [3.05, 3.63) is 28.6 Å². The first-order valence-corrected chi connectivity index (χ1v) is 7.38. The van der Waals surface area contributed by atoms with Crippen molar-refractivity contribution in [2.75, 3.05) is 12.3 Å². The minimum absolute atomic E-state index is 0.334. The van der Waals surface area contributed by atoms with E-state index in [2.05, 4.69) is 11.8 Å². The molecule has 0 unspecified atom stereocenters. The number of rotatable bonds is 2. The molecule has 4 nitrogen and oxygen atoms in total. The van der Waals surface area contributed by atoms with E-state index in [-0.39, 0.29) is 5.97 Å². The highest BCUT2D eigenvalue weighted by molar-refractivity contribution is 7.20. The van der Waals surface area contributed by atoms with E-state index in [0.29, 0.717) is 22.7 Å². The van der Waals surface area contributed by atoms with Crippen molar-refractivity contribution >= 4 is 33.1 Å². The van der Waals surface area contributed by atoms with Gasteiger partial charge in [-0.3, -0.25) is 0 Å².